The molecule has 0 spiro atoms. The van der Waals surface area contributed by atoms with Gasteiger partial charge in [-0.2, -0.15) is 13.2 Å². The van der Waals surface area contributed by atoms with Gasteiger partial charge >= 0.3 is 6.18 Å². The summed E-state index contributed by atoms with van der Waals surface area (Å²) in [6.07, 6.45) is -2.25. The van der Waals surface area contributed by atoms with Crippen LogP contribution in [-0.4, -0.2) is 50.1 Å². The molecule has 28 heavy (non-hydrogen) atoms. The van der Waals surface area contributed by atoms with Crippen molar-refractivity contribution in [1.29, 1.82) is 0 Å². The number of para-hydroxylation sites is 1. The van der Waals surface area contributed by atoms with Gasteiger partial charge in [0.1, 0.15) is 12.4 Å². The number of ether oxygens (including phenoxy) is 1. The Balaban J connectivity index is 0.00000392. The minimum absolute atomic E-state index is 0. The Morgan fingerprint density at radius 2 is 2.11 bits per heavy atom. The number of halogens is 4. The molecule has 1 aromatic carbocycles. The summed E-state index contributed by atoms with van der Waals surface area (Å²) >= 11 is 0. The fraction of sp³-hybridized carbons (Fsp3) is 0.556. The average Bonchev–Trinajstić information content (AvgIpc) is 2.61. The molecule has 1 aromatic rings. The van der Waals surface area contributed by atoms with Crippen LogP contribution in [0.25, 0.3) is 0 Å². The molecular weight excluding hydrogens is 488 g/mol. The second kappa shape index (κ2) is 11.3. The minimum Gasteiger partial charge on any atom is -0.491 e. The minimum atomic E-state index is -4.46. The number of nitrogens with zero attached hydrogens (tertiary/aromatic N) is 2. The lowest BCUT2D eigenvalue weighted by molar-refractivity contribution is -0.139. The Bertz CT molecular complexity index is 670. The van der Waals surface area contributed by atoms with E-state index >= 15 is 0 Å². The number of primary amides is 1. The molecule has 10 heteroatoms. The number of piperidine rings is 1. The summed E-state index contributed by atoms with van der Waals surface area (Å²) in [6, 6.07) is 5.13. The molecule has 0 saturated carbocycles. The van der Waals surface area contributed by atoms with E-state index in [1.165, 1.54) is 18.2 Å². The summed E-state index contributed by atoms with van der Waals surface area (Å²) in [6.45, 7) is 1.83. The lowest BCUT2D eigenvalue weighted by atomic mass is 9.95. The highest BCUT2D eigenvalue weighted by Gasteiger charge is 2.34. The third-order valence-corrected chi connectivity index (χ3v) is 4.36. The molecule has 6 nitrogen and oxygen atoms in total. The molecule has 0 bridgehead atoms. The zero-order valence-electron chi connectivity index (χ0n) is 15.7. The van der Waals surface area contributed by atoms with Crippen molar-refractivity contribution in [3.8, 4) is 5.75 Å². The van der Waals surface area contributed by atoms with Crippen molar-refractivity contribution in [2.75, 3.05) is 33.3 Å². The van der Waals surface area contributed by atoms with Crippen LogP contribution in [0.4, 0.5) is 13.2 Å². The van der Waals surface area contributed by atoms with Gasteiger partial charge in [0.15, 0.2) is 5.96 Å². The number of benzene rings is 1. The Labute approximate surface area is 179 Å². The number of nitrogens with two attached hydrogens (primary N) is 1. The summed E-state index contributed by atoms with van der Waals surface area (Å²) in [5.74, 6) is 0.310. The number of hydrogen-bond acceptors (Lipinski definition) is 3. The first-order valence-corrected chi connectivity index (χ1v) is 8.84. The van der Waals surface area contributed by atoms with Crippen LogP contribution in [0, 0.1) is 5.92 Å². The van der Waals surface area contributed by atoms with Crippen molar-refractivity contribution in [3.05, 3.63) is 29.8 Å². The second-order valence-electron chi connectivity index (χ2n) is 6.44. The van der Waals surface area contributed by atoms with Crippen LogP contribution in [0.3, 0.4) is 0 Å². The van der Waals surface area contributed by atoms with Gasteiger partial charge < -0.3 is 20.7 Å². The maximum Gasteiger partial charge on any atom is 0.419 e. The van der Waals surface area contributed by atoms with Crippen molar-refractivity contribution in [1.82, 2.24) is 10.2 Å². The van der Waals surface area contributed by atoms with Gasteiger partial charge in [-0.3, -0.25) is 9.79 Å². The van der Waals surface area contributed by atoms with E-state index in [2.05, 4.69) is 10.3 Å². The first-order valence-electron chi connectivity index (χ1n) is 8.84. The number of carbonyl (C=O) groups excluding carboxylic acids is 1. The smallest absolute Gasteiger partial charge is 0.419 e. The summed E-state index contributed by atoms with van der Waals surface area (Å²) in [5.41, 5.74) is 4.48. The molecule has 1 amide bonds. The van der Waals surface area contributed by atoms with E-state index in [-0.39, 0.29) is 48.2 Å². The number of alkyl halides is 3. The fourth-order valence-corrected chi connectivity index (χ4v) is 3.19. The van der Waals surface area contributed by atoms with E-state index in [9.17, 15) is 18.0 Å². The van der Waals surface area contributed by atoms with Gasteiger partial charge in [-0.15, -0.1) is 24.0 Å². The van der Waals surface area contributed by atoms with Gasteiger partial charge in [0.2, 0.25) is 5.91 Å². The number of likely N-dealkylation sites (tertiary alicyclic amines) is 1. The lowest BCUT2D eigenvalue weighted by Gasteiger charge is -2.34. The lowest BCUT2D eigenvalue weighted by Crippen LogP contribution is -2.48. The third-order valence-electron chi connectivity index (χ3n) is 4.36. The first-order chi connectivity index (χ1) is 12.8. The molecule has 1 fully saturated rings. The third kappa shape index (κ3) is 7.36. The summed E-state index contributed by atoms with van der Waals surface area (Å²) < 4.78 is 44.2. The largest absolute Gasteiger partial charge is 0.491 e. The van der Waals surface area contributed by atoms with Gasteiger partial charge in [0.05, 0.1) is 12.1 Å². The maximum absolute atomic E-state index is 13.0. The van der Waals surface area contributed by atoms with Crippen LogP contribution >= 0.6 is 24.0 Å². The zero-order valence-corrected chi connectivity index (χ0v) is 18.0. The van der Waals surface area contributed by atoms with Crippen LogP contribution in [-0.2, 0) is 11.0 Å². The molecule has 158 valence electrons. The number of nitrogens with one attached hydrogen (secondary N) is 1. The van der Waals surface area contributed by atoms with Crippen molar-refractivity contribution in [2.45, 2.75) is 25.4 Å². The fourth-order valence-electron chi connectivity index (χ4n) is 3.19. The number of aliphatic imine (C=N–C) groups is 1. The van der Waals surface area contributed by atoms with E-state index in [0.29, 0.717) is 25.5 Å². The quantitative estimate of drug-likeness (QED) is 0.265. The molecule has 0 radical (unpaired) electrons. The molecular formula is C18H26F3IN4O2. The molecule has 0 aromatic heterocycles. The van der Waals surface area contributed by atoms with Gasteiger partial charge in [0, 0.05) is 26.6 Å². The van der Waals surface area contributed by atoms with Crippen molar-refractivity contribution in [2.24, 2.45) is 16.6 Å². The van der Waals surface area contributed by atoms with Crippen molar-refractivity contribution < 1.29 is 22.7 Å². The summed E-state index contributed by atoms with van der Waals surface area (Å²) in [4.78, 5) is 17.4. The standard InChI is InChI=1S/C18H25F3N4O2.HI/c1-23-17(25-9-4-5-13(12-25)11-16(22)26)24-8-10-27-15-7-3-2-6-14(15)18(19,20)21;/h2-3,6-7,13H,4-5,8-12H2,1H3,(H2,22,26)(H,23,24);1H. The van der Waals surface area contributed by atoms with E-state index in [4.69, 9.17) is 10.5 Å². The summed E-state index contributed by atoms with van der Waals surface area (Å²) in [5, 5.41) is 3.09. The van der Waals surface area contributed by atoms with E-state index in [1.54, 1.807) is 7.05 Å². The molecule has 1 saturated heterocycles. The molecule has 3 N–H and O–H groups in total. The Morgan fingerprint density at radius 3 is 2.75 bits per heavy atom. The topological polar surface area (TPSA) is 80.0 Å². The first kappa shape index (κ1) is 24.3. The second-order valence-corrected chi connectivity index (χ2v) is 6.44. The molecule has 1 atom stereocenters. The van der Waals surface area contributed by atoms with Crippen LogP contribution in [0.2, 0.25) is 0 Å². The Kier molecular flexibility index (Phi) is 9.83. The predicted molar refractivity (Wildman–Crippen MR) is 112 cm³/mol. The maximum atomic E-state index is 13.0. The Morgan fingerprint density at radius 1 is 1.39 bits per heavy atom. The number of amides is 1. The number of hydrogen-bond donors (Lipinski definition) is 2. The van der Waals surface area contributed by atoms with Gasteiger partial charge in [-0.25, -0.2) is 0 Å². The molecule has 1 aliphatic heterocycles. The van der Waals surface area contributed by atoms with Crippen molar-refractivity contribution in [3.63, 3.8) is 0 Å². The van der Waals surface area contributed by atoms with Gasteiger partial charge in [-0.1, -0.05) is 12.1 Å². The molecule has 2 rings (SSSR count). The highest BCUT2D eigenvalue weighted by atomic mass is 127. The van der Waals surface area contributed by atoms with E-state index in [0.717, 1.165) is 25.5 Å². The number of rotatable bonds is 6. The molecule has 1 aliphatic rings. The average molecular weight is 514 g/mol. The number of carbonyl (C=O) groups is 1. The SMILES string of the molecule is CN=C(NCCOc1ccccc1C(F)(F)F)N1CCCC(CC(N)=O)C1.I. The summed E-state index contributed by atoms with van der Waals surface area (Å²) in [7, 11) is 1.64. The van der Waals surface area contributed by atoms with E-state index in [1.807, 2.05) is 4.90 Å². The predicted octanol–water partition coefficient (Wildman–Crippen LogP) is 2.87. The van der Waals surface area contributed by atoms with Crippen molar-refractivity contribution >= 4 is 35.8 Å². The number of guanidine groups is 1. The van der Waals surface area contributed by atoms with Gasteiger partial charge in [0.25, 0.3) is 0 Å². The molecule has 0 aliphatic carbocycles. The van der Waals surface area contributed by atoms with Crippen LogP contribution in [0.15, 0.2) is 29.3 Å². The van der Waals surface area contributed by atoms with Crippen LogP contribution in [0.5, 0.6) is 5.75 Å². The highest BCUT2D eigenvalue weighted by molar-refractivity contribution is 14.0. The van der Waals surface area contributed by atoms with Crippen LogP contribution in [0.1, 0.15) is 24.8 Å². The zero-order chi connectivity index (χ0) is 19.9. The van der Waals surface area contributed by atoms with Crippen LogP contribution < -0.4 is 15.8 Å². The molecule has 1 unspecified atom stereocenters. The highest BCUT2D eigenvalue weighted by Crippen LogP contribution is 2.35. The Hall–Kier alpha value is -1.72. The monoisotopic (exact) mass is 514 g/mol. The van der Waals surface area contributed by atoms with Gasteiger partial charge in [-0.05, 0) is 30.9 Å². The normalized spacial score (nSPS) is 17.6. The molecule has 1 heterocycles. The van der Waals surface area contributed by atoms with E-state index < -0.39 is 11.7 Å².